The van der Waals surface area contributed by atoms with E-state index in [0.717, 1.165) is 31.5 Å². The van der Waals surface area contributed by atoms with Crippen LogP contribution in [0.1, 0.15) is 31.4 Å². The fourth-order valence-corrected chi connectivity index (χ4v) is 2.87. The molecular formula is C14H18Cl2N2O2. The number of carbonyl (C=O) groups excluding carboxylic acids is 1. The summed E-state index contributed by atoms with van der Waals surface area (Å²) in [6.45, 7) is 1.55. The Morgan fingerprint density at radius 2 is 2.25 bits per heavy atom. The van der Waals surface area contributed by atoms with Crippen molar-refractivity contribution in [1.82, 2.24) is 9.88 Å². The van der Waals surface area contributed by atoms with Gasteiger partial charge < -0.3 is 4.74 Å². The summed E-state index contributed by atoms with van der Waals surface area (Å²) in [5, 5.41) is 1.04. The number of nitrogens with zero attached hydrogens (tertiary/aromatic N) is 2. The zero-order valence-electron chi connectivity index (χ0n) is 11.4. The van der Waals surface area contributed by atoms with Gasteiger partial charge in [-0.3, -0.25) is 9.69 Å². The average Bonchev–Trinajstić information content (AvgIpc) is 2.44. The molecule has 110 valence electrons. The zero-order valence-corrected chi connectivity index (χ0v) is 13.0. The first-order chi connectivity index (χ1) is 9.60. The summed E-state index contributed by atoms with van der Waals surface area (Å²) in [6, 6.07) is 3.62. The smallest absolute Gasteiger partial charge is 0.307 e. The second kappa shape index (κ2) is 7.25. The Balaban J connectivity index is 2.08. The summed E-state index contributed by atoms with van der Waals surface area (Å²) in [5.41, 5.74) is 0.760. The van der Waals surface area contributed by atoms with E-state index in [9.17, 15) is 4.79 Å². The minimum absolute atomic E-state index is 0.174. The van der Waals surface area contributed by atoms with Crippen LogP contribution >= 0.6 is 23.2 Å². The van der Waals surface area contributed by atoms with Crippen LogP contribution in [0.25, 0.3) is 0 Å². The number of pyridine rings is 1. The molecule has 1 fully saturated rings. The molecule has 1 atom stereocenters. The van der Waals surface area contributed by atoms with E-state index in [-0.39, 0.29) is 12.0 Å². The first-order valence-corrected chi connectivity index (χ1v) is 7.47. The molecule has 0 amide bonds. The van der Waals surface area contributed by atoms with Crippen LogP contribution in [-0.4, -0.2) is 35.5 Å². The molecule has 2 rings (SSSR count). The standard InChI is InChI=1S/C14H18Cl2N2O2/c1-20-14(19)8-10-4-2-3-7-18(10)9-12-11(15)5-6-13(16)17-12/h5-6,10H,2-4,7-9H2,1H3. The number of piperidine rings is 1. The number of hydrogen-bond donors (Lipinski definition) is 0. The fraction of sp³-hybridized carbons (Fsp3) is 0.571. The Kier molecular flexibility index (Phi) is 5.64. The van der Waals surface area contributed by atoms with Crippen LogP contribution in [-0.2, 0) is 16.1 Å². The molecule has 0 N–H and O–H groups in total. The molecule has 1 aromatic rings. The highest BCUT2D eigenvalue weighted by molar-refractivity contribution is 6.32. The van der Waals surface area contributed by atoms with Gasteiger partial charge in [0.15, 0.2) is 0 Å². The normalized spacial score (nSPS) is 19.9. The van der Waals surface area contributed by atoms with E-state index >= 15 is 0 Å². The van der Waals surface area contributed by atoms with Crippen molar-refractivity contribution in [2.45, 2.75) is 38.3 Å². The summed E-state index contributed by atoms with van der Waals surface area (Å²) < 4.78 is 4.77. The SMILES string of the molecule is COC(=O)CC1CCCCN1Cc1nc(Cl)ccc1Cl. The van der Waals surface area contributed by atoms with Gasteiger partial charge in [-0.05, 0) is 31.5 Å². The highest BCUT2D eigenvalue weighted by atomic mass is 35.5. The lowest BCUT2D eigenvalue weighted by Crippen LogP contribution is -2.40. The molecule has 0 radical (unpaired) electrons. The van der Waals surface area contributed by atoms with Gasteiger partial charge in [0, 0.05) is 12.6 Å². The molecule has 1 aromatic heterocycles. The summed E-state index contributed by atoms with van der Waals surface area (Å²) in [5.74, 6) is -0.174. The molecule has 0 spiro atoms. The van der Waals surface area contributed by atoms with E-state index in [4.69, 9.17) is 27.9 Å². The van der Waals surface area contributed by atoms with Gasteiger partial charge in [0.05, 0.1) is 24.2 Å². The quantitative estimate of drug-likeness (QED) is 0.631. The van der Waals surface area contributed by atoms with Crippen molar-refractivity contribution in [3.63, 3.8) is 0 Å². The van der Waals surface area contributed by atoms with E-state index in [0.29, 0.717) is 23.1 Å². The molecule has 0 aromatic carbocycles. The number of methoxy groups -OCH3 is 1. The molecule has 1 aliphatic heterocycles. The summed E-state index contributed by atoms with van der Waals surface area (Å²) >= 11 is 12.1. The molecule has 4 nitrogen and oxygen atoms in total. The number of halogens is 2. The Labute approximate surface area is 129 Å². The maximum absolute atomic E-state index is 11.5. The number of aromatic nitrogens is 1. The van der Waals surface area contributed by atoms with Gasteiger partial charge in [0.1, 0.15) is 5.15 Å². The molecule has 0 bridgehead atoms. The molecular weight excluding hydrogens is 299 g/mol. The van der Waals surface area contributed by atoms with E-state index in [2.05, 4.69) is 9.88 Å². The van der Waals surface area contributed by atoms with Gasteiger partial charge in [-0.15, -0.1) is 0 Å². The summed E-state index contributed by atoms with van der Waals surface area (Å²) in [7, 11) is 1.42. The maximum Gasteiger partial charge on any atom is 0.307 e. The Hall–Kier alpha value is -0.840. The minimum Gasteiger partial charge on any atom is -0.469 e. The zero-order chi connectivity index (χ0) is 14.5. The summed E-state index contributed by atoms with van der Waals surface area (Å²) in [6.07, 6.45) is 3.66. The van der Waals surface area contributed by atoms with Gasteiger partial charge in [-0.2, -0.15) is 0 Å². The van der Waals surface area contributed by atoms with E-state index in [1.165, 1.54) is 7.11 Å². The van der Waals surface area contributed by atoms with Crippen LogP contribution in [0.15, 0.2) is 12.1 Å². The largest absolute Gasteiger partial charge is 0.469 e. The first-order valence-electron chi connectivity index (χ1n) is 6.72. The van der Waals surface area contributed by atoms with Crippen LogP contribution in [0, 0.1) is 0 Å². The number of carbonyl (C=O) groups is 1. The summed E-state index contributed by atoms with van der Waals surface area (Å²) in [4.78, 5) is 18.0. The topological polar surface area (TPSA) is 42.4 Å². The van der Waals surface area contributed by atoms with Crippen LogP contribution < -0.4 is 0 Å². The first kappa shape index (κ1) is 15.5. The number of rotatable bonds is 4. The lowest BCUT2D eigenvalue weighted by atomic mass is 9.99. The number of likely N-dealkylation sites (tertiary alicyclic amines) is 1. The Bertz CT molecular complexity index is 482. The third-order valence-electron chi connectivity index (χ3n) is 3.62. The molecule has 0 saturated carbocycles. The predicted octanol–water partition coefficient (Wildman–Crippen LogP) is 3.31. The highest BCUT2D eigenvalue weighted by Crippen LogP contribution is 2.25. The Morgan fingerprint density at radius 1 is 1.45 bits per heavy atom. The van der Waals surface area contributed by atoms with Gasteiger partial charge in [-0.25, -0.2) is 4.98 Å². The monoisotopic (exact) mass is 316 g/mol. The lowest BCUT2D eigenvalue weighted by molar-refractivity contribution is -0.142. The van der Waals surface area contributed by atoms with E-state index in [1.54, 1.807) is 12.1 Å². The highest BCUT2D eigenvalue weighted by Gasteiger charge is 2.26. The van der Waals surface area contributed by atoms with Crippen LogP contribution in [0.4, 0.5) is 0 Å². The third kappa shape index (κ3) is 4.08. The van der Waals surface area contributed by atoms with E-state index < -0.39 is 0 Å². The molecule has 1 saturated heterocycles. The van der Waals surface area contributed by atoms with Crippen molar-refractivity contribution in [3.8, 4) is 0 Å². The van der Waals surface area contributed by atoms with Crippen molar-refractivity contribution in [1.29, 1.82) is 0 Å². The van der Waals surface area contributed by atoms with Crippen LogP contribution in [0.2, 0.25) is 10.2 Å². The molecule has 6 heteroatoms. The van der Waals surface area contributed by atoms with Gasteiger partial charge in [0.25, 0.3) is 0 Å². The van der Waals surface area contributed by atoms with Crippen molar-refractivity contribution in [2.24, 2.45) is 0 Å². The van der Waals surface area contributed by atoms with Crippen LogP contribution in [0.5, 0.6) is 0 Å². The molecule has 0 aliphatic carbocycles. The third-order valence-corrected chi connectivity index (χ3v) is 4.17. The number of hydrogen-bond acceptors (Lipinski definition) is 4. The van der Waals surface area contributed by atoms with Crippen molar-refractivity contribution in [3.05, 3.63) is 28.0 Å². The predicted molar refractivity (Wildman–Crippen MR) is 78.9 cm³/mol. The maximum atomic E-state index is 11.5. The number of esters is 1. The molecule has 1 unspecified atom stereocenters. The molecule has 2 heterocycles. The van der Waals surface area contributed by atoms with Gasteiger partial charge in [0.2, 0.25) is 0 Å². The number of ether oxygens (including phenoxy) is 1. The second-order valence-corrected chi connectivity index (χ2v) is 5.76. The fourth-order valence-electron chi connectivity index (χ4n) is 2.54. The minimum atomic E-state index is -0.174. The van der Waals surface area contributed by atoms with Crippen molar-refractivity contribution >= 4 is 29.2 Å². The van der Waals surface area contributed by atoms with Crippen molar-refractivity contribution in [2.75, 3.05) is 13.7 Å². The second-order valence-electron chi connectivity index (χ2n) is 4.96. The van der Waals surface area contributed by atoms with Crippen molar-refractivity contribution < 1.29 is 9.53 Å². The van der Waals surface area contributed by atoms with Gasteiger partial charge >= 0.3 is 5.97 Å². The average molecular weight is 317 g/mol. The van der Waals surface area contributed by atoms with Crippen LogP contribution in [0.3, 0.4) is 0 Å². The lowest BCUT2D eigenvalue weighted by Gasteiger charge is -2.35. The van der Waals surface area contributed by atoms with Gasteiger partial charge in [-0.1, -0.05) is 29.6 Å². The molecule has 1 aliphatic rings. The Morgan fingerprint density at radius 3 is 3.00 bits per heavy atom. The van der Waals surface area contributed by atoms with E-state index in [1.807, 2.05) is 0 Å². The molecule has 20 heavy (non-hydrogen) atoms.